The maximum absolute atomic E-state index is 11.8. The van der Waals surface area contributed by atoms with Crippen molar-refractivity contribution < 1.29 is 19.1 Å². The summed E-state index contributed by atoms with van der Waals surface area (Å²) in [5.41, 5.74) is 0. The Hall–Kier alpha value is -2.63. The van der Waals surface area contributed by atoms with Crippen molar-refractivity contribution in [3.63, 3.8) is 0 Å². The molecule has 23 heavy (non-hydrogen) atoms. The summed E-state index contributed by atoms with van der Waals surface area (Å²) in [6.45, 7) is 0. The van der Waals surface area contributed by atoms with Crippen LogP contribution >= 0.6 is 0 Å². The number of benzene rings is 2. The zero-order valence-corrected chi connectivity index (χ0v) is 14.0. The van der Waals surface area contributed by atoms with Crippen molar-refractivity contribution in [3.8, 4) is 11.5 Å². The fourth-order valence-corrected chi connectivity index (χ4v) is 2.26. The topological polar surface area (TPSA) is 77.0 Å². The monoisotopic (exact) mass is 378 g/mol. The predicted molar refractivity (Wildman–Crippen MR) is 87.1 cm³/mol. The molecular formula is C16H14N2O4Se. The van der Waals surface area contributed by atoms with Crippen molar-refractivity contribution in [1.82, 2.24) is 5.32 Å². The van der Waals surface area contributed by atoms with Gasteiger partial charge < -0.3 is 0 Å². The van der Waals surface area contributed by atoms with Gasteiger partial charge in [-0.05, 0) is 0 Å². The number of amides is 2. The molecule has 2 amide bonds. The third kappa shape index (κ3) is 5.94. The van der Waals surface area contributed by atoms with E-state index in [4.69, 9.17) is 9.47 Å². The number of hydrogen-bond donors (Lipinski definition) is 1. The molecule has 0 radical (unpaired) electrons. The molecule has 0 aliphatic heterocycles. The van der Waals surface area contributed by atoms with E-state index < -0.39 is 12.2 Å². The fourth-order valence-electron chi connectivity index (χ4n) is 1.53. The molecule has 7 heteroatoms. The average molecular weight is 377 g/mol. The Morgan fingerprint density at radius 1 is 0.913 bits per heavy atom. The molecule has 6 nitrogen and oxygen atoms in total. The summed E-state index contributed by atoms with van der Waals surface area (Å²) in [5, 5.41) is 2.45. The van der Waals surface area contributed by atoms with Crippen LogP contribution in [0.4, 0.5) is 9.59 Å². The number of carbonyl (C=O) groups excluding carboxylic acids is 2. The van der Waals surface area contributed by atoms with Crippen LogP contribution in [0.1, 0.15) is 0 Å². The van der Waals surface area contributed by atoms with E-state index in [1.807, 2.05) is 18.0 Å². The third-order valence-electron chi connectivity index (χ3n) is 2.50. The number of hydrogen-bond acceptors (Lipinski definition) is 4. The molecule has 0 saturated carbocycles. The number of nitrogens with zero attached hydrogens (tertiary/aromatic N) is 1. The molecule has 0 aliphatic carbocycles. The second kappa shape index (κ2) is 8.73. The first-order valence-electron chi connectivity index (χ1n) is 6.61. The molecule has 1 N–H and O–H groups in total. The van der Waals surface area contributed by atoms with Gasteiger partial charge in [0, 0.05) is 0 Å². The normalized spacial score (nSPS) is 10.7. The Morgan fingerprint density at radius 2 is 1.43 bits per heavy atom. The number of nitrogens with one attached hydrogen (secondary N) is 1. The van der Waals surface area contributed by atoms with E-state index in [1.165, 1.54) is 0 Å². The van der Waals surface area contributed by atoms with Crippen LogP contribution in [0.5, 0.6) is 11.5 Å². The van der Waals surface area contributed by atoms with Crippen molar-refractivity contribution in [2.24, 2.45) is 4.99 Å². The molecule has 0 atom stereocenters. The number of rotatable bonds is 3. The van der Waals surface area contributed by atoms with E-state index >= 15 is 0 Å². The Balaban J connectivity index is 1.93. The molecule has 2 rings (SSSR count). The van der Waals surface area contributed by atoms with E-state index in [2.05, 4.69) is 10.3 Å². The van der Waals surface area contributed by atoms with Gasteiger partial charge in [0.2, 0.25) is 0 Å². The predicted octanol–water partition coefficient (Wildman–Crippen LogP) is 3.08. The van der Waals surface area contributed by atoms with Crippen LogP contribution in [-0.2, 0) is 0 Å². The first kappa shape index (κ1) is 16.7. The Morgan fingerprint density at radius 3 is 1.96 bits per heavy atom. The number of ether oxygens (including phenoxy) is 2. The number of para-hydroxylation sites is 2. The van der Waals surface area contributed by atoms with Crippen LogP contribution < -0.4 is 14.8 Å². The number of carbonyl (C=O) groups is 2. The molecule has 118 valence electrons. The van der Waals surface area contributed by atoms with Gasteiger partial charge in [-0.3, -0.25) is 0 Å². The van der Waals surface area contributed by atoms with Gasteiger partial charge in [-0.1, -0.05) is 0 Å². The van der Waals surface area contributed by atoms with Crippen LogP contribution in [0.15, 0.2) is 65.7 Å². The van der Waals surface area contributed by atoms with E-state index in [0.717, 1.165) is 0 Å². The van der Waals surface area contributed by atoms with Gasteiger partial charge in [-0.25, -0.2) is 0 Å². The van der Waals surface area contributed by atoms with Crippen LogP contribution in [0, 0.1) is 0 Å². The van der Waals surface area contributed by atoms with Gasteiger partial charge in [0.15, 0.2) is 0 Å². The van der Waals surface area contributed by atoms with Crippen LogP contribution in [0.3, 0.4) is 0 Å². The SMILES string of the molecule is C[Se]/C(=N\C(=O)Oc1ccccc1)NC(=O)Oc1ccccc1. The first-order chi connectivity index (χ1) is 11.2. The van der Waals surface area contributed by atoms with Gasteiger partial charge in [0.25, 0.3) is 0 Å². The van der Waals surface area contributed by atoms with Crippen LogP contribution in [-0.4, -0.2) is 31.9 Å². The van der Waals surface area contributed by atoms with Crippen molar-refractivity contribution in [3.05, 3.63) is 60.7 Å². The quantitative estimate of drug-likeness (QED) is 0.507. The maximum atomic E-state index is 11.8. The summed E-state index contributed by atoms with van der Waals surface area (Å²) < 4.78 is 10.3. The fraction of sp³-hybridized carbons (Fsp3) is 0.0625. The summed E-state index contributed by atoms with van der Waals surface area (Å²) in [4.78, 5) is 27.2. The summed E-state index contributed by atoms with van der Waals surface area (Å²) in [6.07, 6.45) is -1.50. The van der Waals surface area contributed by atoms with Crippen LogP contribution in [0.2, 0.25) is 5.82 Å². The molecule has 0 bridgehead atoms. The molecule has 2 aromatic rings. The van der Waals surface area contributed by atoms with Gasteiger partial charge >= 0.3 is 139 Å². The number of amidine groups is 1. The van der Waals surface area contributed by atoms with Gasteiger partial charge in [-0.2, -0.15) is 0 Å². The minimum atomic E-state index is -0.796. The second-order valence-corrected chi connectivity index (χ2v) is 5.80. The molecule has 0 spiro atoms. The zero-order valence-electron chi connectivity index (χ0n) is 12.3. The molecule has 0 heterocycles. The summed E-state index contributed by atoms with van der Waals surface area (Å²) in [7, 11) is 0. The third-order valence-corrected chi connectivity index (χ3v) is 3.71. The minimum absolute atomic E-state index is 0.217. The molecule has 0 saturated heterocycles. The molecule has 0 unspecified atom stereocenters. The summed E-state index contributed by atoms with van der Waals surface area (Å²) in [6, 6.07) is 17.2. The molecule has 2 aromatic carbocycles. The molecule has 0 aromatic heterocycles. The molecular weight excluding hydrogens is 363 g/mol. The average Bonchev–Trinajstić information content (AvgIpc) is 2.56. The van der Waals surface area contributed by atoms with Gasteiger partial charge in [0.1, 0.15) is 0 Å². The Labute approximate surface area is 139 Å². The number of aliphatic imine (C=N–C) groups is 1. The van der Waals surface area contributed by atoms with Gasteiger partial charge in [0.05, 0.1) is 0 Å². The Kier molecular flexibility index (Phi) is 6.35. The van der Waals surface area contributed by atoms with Gasteiger partial charge in [-0.15, -0.1) is 0 Å². The van der Waals surface area contributed by atoms with Crippen molar-refractivity contribution in [1.29, 1.82) is 0 Å². The van der Waals surface area contributed by atoms with E-state index in [9.17, 15) is 9.59 Å². The van der Waals surface area contributed by atoms with E-state index in [0.29, 0.717) is 11.5 Å². The molecule has 0 aliphatic rings. The van der Waals surface area contributed by atoms with E-state index in [-0.39, 0.29) is 19.7 Å². The molecule has 0 fully saturated rings. The summed E-state index contributed by atoms with van der Waals surface area (Å²) >= 11 is -0.217. The van der Waals surface area contributed by atoms with Crippen molar-refractivity contribution in [2.45, 2.75) is 5.82 Å². The second-order valence-electron chi connectivity index (χ2n) is 4.13. The van der Waals surface area contributed by atoms with Crippen molar-refractivity contribution in [2.75, 3.05) is 0 Å². The first-order valence-corrected chi connectivity index (χ1v) is 9.18. The standard InChI is InChI=1S/C16H14N2O4Se/c1-23-14(17-15(19)21-12-8-4-2-5-9-12)18-16(20)22-13-10-6-3-7-11-13/h2-11H,1H3,(H,17,18,19,20). The van der Waals surface area contributed by atoms with E-state index in [1.54, 1.807) is 48.5 Å². The summed E-state index contributed by atoms with van der Waals surface area (Å²) in [5.74, 6) is 2.60. The van der Waals surface area contributed by atoms with Crippen molar-refractivity contribution >= 4 is 31.9 Å². The zero-order chi connectivity index (χ0) is 16.5. The Bertz CT molecular complexity index is 690. The van der Waals surface area contributed by atoms with Crippen LogP contribution in [0.25, 0.3) is 0 Å².